The first-order valence-electron chi connectivity index (χ1n) is 7.41. The summed E-state index contributed by atoms with van der Waals surface area (Å²) in [6.45, 7) is 7.47. The van der Waals surface area contributed by atoms with Crippen LogP contribution in [0, 0.1) is 13.8 Å². The molecule has 0 amide bonds. The van der Waals surface area contributed by atoms with Crippen LogP contribution < -0.4 is 5.32 Å². The van der Waals surface area contributed by atoms with Crippen molar-refractivity contribution >= 4 is 11.3 Å². The summed E-state index contributed by atoms with van der Waals surface area (Å²) in [5, 5.41) is 5.01. The molecule has 1 aromatic carbocycles. The van der Waals surface area contributed by atoms with Gasteiger partial charge in [-0.15, -0.1) is 11.3 Å². The molecule has 2 nitrogen and oxygen atoms in total. The Bertz CT molecular complexity index is 598. The minimum atomic E-state index is 0.0345. The monoisotopic (exact) mass is 286 g/mol. The molecule has 0 radical (unpaired) electrons. The van der Waals surface area contributed by atoms with Gasteiger partial charge in [-0.25, -0.2) is 4.98 Å². The normalized spacial score (nSPS) is 21.8. The number of rotatable bonds is 3. The number of aryl methyl sites for hydroxylation is 3. The van der Waals surface area contributed by atoms with Gasteiger partial charge in [-0.1, -0.05) is 31.2 Å². The van der Waals surface area contributed by atoms with Crippen molar-refractivity contribution in [3.05, 3.63) is 51.0 Å². The van der Waals surface area contributed by atoms with E-state index in [4.69, 9.17) is 4.98 Å². The molecule has 1 aliphatic carbocycles. The van der Waals surface area contributed by atoms with E-state index >= 15 is 0 Å². The molecule has 0 saturated heterocycles. The summed E-state index contributed by atoms with van der Waals surface area (Å²) in [7, 11) is 0. The van der Waals surface area contributed by atoms with Crippen molar-refractivity contribution < 1.29 is 0 Å². The maximum absolute atomic E-state index is 4.85. The summed E-state index contributed by atoms with van der Waals surface area (Å²) < 4.78 is 0. The van der Waals surface area contributed by atoms with Gasteiger partial charge in [0.15, 0.2) is 0 Å². The molecular weight excluding hydrogens is 264 g/mol. The first-order valence-corrected chi connectivity index (χ1v) is 8.22. The van der Waals surface area contributed by atoms with Crippen LogP contribution >= 0.6 is 11.3 Å². The lowest BCUT2D eigenvalue weighted by atomic mass is 9.78. The fourth-order valence-corrected chi connectivity index (χ4v) is 4.27. The molecule has 0 aliphatic heterocycles. The Morgan fingerprint density at radius 2 is 2.00 bits per heavy atom. The third kappa shape index (κ3) is 2.29. The zero-order valence-corrected chi connectivity index (χ0v) is 13.3. The van der Waals surface area contributed by atoms with E-state index in [-0.39, 0.29) is 5.54 Å². The van der Waals surface area contributed by atoms with Crippen molar-refractivity contribution in [3.63, 3.8) is 0 Å². The summed E-state index contributed by atoms with van der Waals surface area (Å²) in [5.41, 5.74) is 4.20. The van der Waals surface area contributed by atoms with Gasteiger partial charge in [0, 0.05) is 4.88 Å². The number of hydrogen-bond acceptors (Lipinski definition) is 3. The van der Waals surface area contributed by atoms with Crippen LogP contribution in [0.5, 0.6) is 0 Å². The maximum Gasteiger partial charge on any atom is 0.114 e. The lowest BCUT2D eigenvalue weighted by Crippen LogP contribution is -2.46. The molecule has 1 N–H and O–H groups in total. The zero-order chi connectivity index (χ0) is 14.2. The number of fused-ring (bicyclic) bond motifs is 1. The first-order chi connectivity index (χ1) is 9.64. The highest BCUT2D eigenvalue weighted by atomic mass is 32.1. The second kappa shape index (κ2) is 5.30. The van der Waals surface area contributed by atoms with Crippen LogP contribution in [0.3, 0.4) is 0 Å². The van der Waals surface area contributed by atoms with E-state index in [1.165, 1.54) is 26.7 Å². The van der Waals surface area contributed by atoms with Gasteiger partial charge in [0.05, 0.1) is 11.2 Å². The van der Waals surface area contributed by atoms with Crippen molar-refractivity contribution in [1.82, 2.24) is 10.3 Å². The number of nitrogens with one attached hydrogen (secondary N) is 1. The molecule has 20 heavy (non-hydrogen) atoms. The molecule has 1 aromatic heterocycles. The predicted octanol–water partition coefficient (Wildman–Crippen LogP) is 3.75. The van der Waals surface area contributed by atoms with E-state index < -0.39 is 0 Å². The summed E-state index contributed by atoms with van der Waals surface area (Å²) >= 11 is 1.86. The minimum absolute atomic E-state index is 0.0345. The predicted molar refractivity (Wildman–Crippen MR) is 85.4 cm³/mol. The molecule has 1 aliphatic rings. The van der Waals surface area contributed by atoms with Crippen LogP contribution in [0.4, 0.5) is 0 Å². The molecular formula is C17H22N2S. The van der Waals surface area contributed by atoms with Gasteiger partial charge in [-0.05, 0) is 50.8 Å². The zero-order valence-electron chi connectivity index (χ0n) is 12.5. The van der Waals surface area contributed by atoms with Gasteiger partial charge < -0.3 is 5.32 Å². The van der Waals surface area contributed by atoms with Gasteiger partial charge in [0.2, 0.25) is 0 Å². The van der Waals surface area contributed by atoms with E-state index in [0.717, 1.165) is 25.8 Å². The number of likely N-dealkylation sites (N-methyl/N-ethyl adjacent to an activating group) is 1. The van der Waals surface area contributed by atoms with Crippen LogP contribution in [-0.4, -0.2) is 11.5 Å². The maximum atomic E-state index is 4.85. The van der Waals surface area contributed by atoms with Crippen LogP contribution in [0.1, 0.15) is 40.1 Å². The highest BCUT2D eigenvalue weighted by molar-refractivity contribution is 7.11. The van der Waals surface area contributed by atoms with E-state index in [1.807, 2.05) is 11.3 Å². The number of thiazole rings is 1. The van der Waals surface area contributed by atoms with Gasteiger partial charge >= 0.3 is 0 Å². The highest BCUT2D eigenvalue weighted by Gasteiger charge is 2.38. The van der Waals surface area contributed by atoms with Crippen molar-refractivity contribution in [2.75, 3.05) is 6.54 Å². The molecule has 3 heteroatoms. The Labute approximate surface area is 125 Å². The molecule has 1 heterocycles. The first kappa shape index (κ1) is 13.8. The largest absolute Gasteiger partial charge is 0.305 e. The number of benzene rings is 1. The smallest absolute Gasteiger partial charge is 0.114 e. The molecule has 0 spiro atoms. The topological polar surface area (TPSA) is 24.9 Å². The minimum Gasteiger partial charge on any atom is -0.305 e. The Balaban J connectivity index is 2.02. The fraction of sp³-hybridized carbons (Fsp3) is 0.471. The van der Waals surface area contributed by atoms with Crippen molar-refractivity contribution in [2.45, 2.75) is 45.6 Å². The summed E-state index contributed by atoms with van der Waals surface area (Å²) in [6, 6.07) is 8.84. The average Bonchev–Trinajstić information content (AvgIpc) is 2.79. The standard InChI is InChI=1S/C17H22N2S/c1-4-18-17(16-19-12(2)13(3)20-16)10-9-14-7-5-6-8-15(14)11-17/h5-8,18H,4,9-11H2,1-3H3. The molecule has 106 valence electrons. The van der Waals surface area contributed by atoms with Crippen LogP contribution in [-0.2, 0) is 18.4 Å². The second-order valence-corrected chi connectivity index (χ2v) is 6.92. The second-order valence-electron chi connectivity index (χ2n) is 5.72. The SMILES string of the molecule is CCNC1(c2nc(C)c(C)s2)CCc2ccccc2C1. The number of nitrogens with zero attached hydrogens (tertiary/aromatic N) is 1. The van der Waals surface area contributed by atoms with Gasteiger partial charge in [-0.2, -0.15) is 0 Å². The lowest BCUT2D eigenvalue weighted by Gasteiger charge is -2.37. The number of aromatic nitrogens is 1. The lowest BCUT2D eigenvalue weighted by molar-refractivity contribution is 0.296. The van der Waals surface area contributed by atoms with E-state index in [9.17, 15) is 0 Å². The van der Waals surface area contributed by atoms with Gasteiger partial charge in [0.25, 0.3) is 0 Å². The van der Waals surface area contributed by atoms with E-state index in [1.54, 1.807) is 0 Å². The Hall–Kier alpha value is -1.19. The van der Waals surface area contributed by atoms with E-state index in [0.29, 0.717) is 0 Å². The Morgan fingerprint density at radius 3 is 2.65 bits per heavy atom. The number of hydrogen-bond donors (Lipinski definition) is 1. The molecule has 1 unspecified atom stereocenters. The molecule has 3 rings (SSSR count). The highest BCUT2D eigenvalue weighted by Crippen LogP contribution is 2.38. The van der Waals surface area contributed by atoms with E-state index in [2.05, 4.69) is 50.4 Å². The Morgan fingerprint density at radius 1 is 1.25 bits per heavy atom. The van der Waals surface area contributed by atoms with Crippen molar-refractivity contribution in [2.24, 2.45) is 0 Å². The molecule has 0 saturated carbocycles. The fourth-order valence-electron chi connectivity index (χ4n) is 3.16. The van der Waals surface area contributed by atoms with Crippen LogP contribution in [0.25, 0.3) is 0 Å². The van der Waals surface area contributed by atoms with Crippen LogP contribution in [0.2, 0.25) is 0 Å². The Kier molecular flexibility index (Phi) is 3.65. The third-order valence-electron chi connectivity index (χ3n) is 4.38. The van der Waals surface area contributed by atoms with Gasteiger partial charge in [-0.3, -0.25) is 0 Å². The van der Waals surface area contributed by atoms with Crippen LogP contribution in [0.15, 0.2) is 24.3 Å². The summed E-state index contributed by atoms with van der Waals surface area (Å²) in [6.07, 6.45) is 3.34. The third-order valence-corrected chi connectivity index (χ3v) is 5.66. The molecule has 0 fully saturated rings. The molecule has 0 bridgehead atoms. The van der Waals surface area contributed by atoms with Crippen molar-refractivity contribution in [1.29, 1.82) is 0 Å². The summed E-state index contributed by atoms with van der Waals surface area (Å²) in [5.74, 6) is 0. The quantitative estimate of drug-likeness (QED) is 0.929. The molecule has 2 aromatic rings. The van der Waals surface area contributed by atoms with Gasteiger partial charge in [0.1, 0.15) is 5.01 Å². The molecule has 1 atom stereocenters. The summed E-state index contributed by atoms with van der Waals surface area (Å²) in [4.78, 5) is 6.20. The average molecular weight is 286 g/mol. The van der Waals surface area contributed by atoms with Crippen molar-refractivity contribution in [3.8, 4) is 0 Å².